The summed E-state index contributed by atoms with van der Waals surface area (Å²) in [6, 6.07) is 4.63. The van der Waals surface area contributed by atoms with Crippen molar-refractivity contribution in [3.8, 4) is 0 Å². The number of carbonyl (C=O) groups excluding carboxylic acids is 2. The van der Waals surface area contributed by atoms with Gasteiger partial charge >= 0.3 is 11.9 Å². The number of hydrogen-bond donors (Lipinski definition) is 0. The van der Waals surface area contributed by atoms with Crippen LogP contribution in [-0.4, -0.2) is 52.0 Å². The van der Waals surface area contributed by atoms with Gasteiger partial charge in [0.1, 0.15) is 20.4 Å². The molecule has 0 fully saturated rings. The quantitative estimate of drug-likeness (QED) is 0.696. The van der Waals surface area contributed by atoms with E-state index in [1.54, 1.807) is 12.1 Å². The monoisotopic (exact) mass is 411 g/mol. The summed E-state index contributed by atoms with van der Waals surface area (Å²) in [5.41, 5.74) is 0.734. The van der Waals surface area contributed by atoms with Gasteiger partial charge in [0.05, 0.1) is 20.5 Å². The first-order chi connectivity index (χ1) is 12.9. The Hall–Kier alpha value is -2.43. The Morgan fingerprint density at radius 1 is 1.22 bits per heavy atom. The minimum absolute atomic E-state index is 0.00952. The highest BCUT2D eigenvalue weighted by Gasteiger charge is 2.34. The van der Waals surface area contributed by atoms with Gasteiger partial charge in [0, 0.05) is 18.7 Å². The van der Waals surface area contributed by atoms with Crippen molar-refractivity contribution >= 4 is 38.9 Å². The molecular weight excluding hydrogens is 394 g/mol. The van der Waals surface area contributed by atoms with E-state index in [4.69, 9.17) is 4.42 Å². The molecule has 2 aromatic rings. The Labute approximate surface area is 160 Å². The zero-order valence-electron chi connectivity index (χ0n) is 14.6. The van der Waals surface area contributed by atoms with Crippen LogP contribution in [0, 0.1) is 0 Å². The molecule has 0 unspecified atom stereocenters. The smallest absolute Gasteiger partial charge is 0.349 e. The maximum absolute atomic E-state index is 13.2. The first-order valence-electron chi connectivity index (χ1n) is 7.92. The standard InChI is InChI=1S/C17H17NO7S2/c1-23-16(19)13-9-14(15(26-13)17(20)24-2)27(21,22)18-7-3-5-11(10-18)12-6-4-8-25-12/h4-6,8-9H,3,7,10H2,1-2H3. The molecular formula is C17H17NO7S2. The number of carbonyl (C=O) groups is 2. The summed E-state index contributed by atoms with van der Waals surface area (Å²) in [6.07, 6.45) is 3.93. The average molecular weight is 411 g/mol. The van der Waals surface area contributed by atoms with Crippen molar-refractivity contribution in [3.05, 3.63) is 46.1 Å². The fourth-order valence-corrected chi connectivity index (χ4v) is 5.62. The number of rotatable bonds is 5. The predicted octanol–water partition coefficient (Wildman–Crippen LogP) is 2.39. The summed E-state index contributed by atoms with van der Waals surface area (Å²) in [5.74, 6) is -0.961. The summed E-state index contributed by atoms with van der Waals surface area (Å²) in [7, 11) is -1.71. The third kappa shape index (κ3) is 3.68. The highest BCUT2D eigenvalue weighted by Crippen LogP contribution is 2.32. The van der Waals surface area contributed by atoms with Gasteiger partial charge in [0.25, 0.3) is 0 Å². The summed E-state index contributed by atoms with van der Waals surface area (Å²) in [5, 5.41) is 0. The minimum Gasteiger partial charge on any atom is -0.465 e. The molecule has 0 saturated heterocycles. The molecule has 1 aliphatic heterocycles. The molecule has 0 aliphatic carbocycles. The third-order valence-electron chi connectivity index (χ3n) is 4.03. The number of esters is 2. The van der Waals surface area contributed by atoms with Gasteiger partial charge in [-0.25, -0.2) is 18.0 Å². The molecule has 8 nitrogen and oxygen atoms in total. The van der Waals surface area contributed by atoms with E-state index in [1.807, 2.05) is 6.08 Å². The molecule has 3 rings (SSSR count). The van der Waals surface area contributed by atoms with E-state index in [-0.39, 0.29) is 27.7 Å². The van der Waals surface area contributed by atoms with E-state index in [9.17, 15) is 18.0 Å². The van der Waals surface area contributed by atoms with Gasteiger partial charge in [-0.05, 0) is 24.6 Å². The Morgan fingerprint density at radius 2 is 1.96 bits per heavy atom. The van der Waals surface area contributed by atoms with E-state index in [0.29, 0.717) is 12.2 Å². The van der Waals surface area contributed by atoms with Crippen LogP contribution >= 0.6 is 11.3 Å². The topological polar surface area (TPSA) is 103 Å². The van der Waals surface area contributed by atoms with Gasteiger partial charge in [-0.3, -0.25) is 0 Å². The first kappa shape index (κ1) is 19.3. The molecule has 0 N–H and O–H groups in total. The average Bonchev–Trinajstić information content (AvgIpc) is 3.37. The van der Waals surface area contributed by atoms with Crippen LogP contribution in [0.1, 0.15) is 31.5 Å². The second-order valence-electron chi connectivity index (χ2n) is 5.62. The Kier molecular flexibility index (Phi) is 5.49. The van der Waals surface area contributed by atoms with Crippen molar-refractivity contribution in [2.45, 2.75) is 11.3 Å². The van der Waals surface area contributed by atoms with E-state index in [0.717, 1.165) is 30.1 Å². The van der Waals surface area contributed by atoms with Gasteiger partial charge in [-0.2, -0.15) is 4.31 Å². The van der Waals surface area contributed by atoms with Crippen molar-refractivity contribution in [1.29, 1.82) is 0 Å². The molecule has 144 valence electrons. The molecule has 0 atom stereocenters. The number of nitrogens with zero attached hydrogens (tertiary/aromatic N) is 1. The number of furan rings is 1. The van der Waals surface area contributed by atoms with Crippen LogP contribution in [0.15, 0.2) is 39.9 Å². The Morgan fingerprint density at radius 3 is 2.59 bits per heavy atom. The summed E-state index contributed by atoms with van der Waals surface area (Å²) < 4.78 is 42.3. The van der Waals surface area contributed by atoms with Crippen LogP contribution in [0.25, 0.3) is 5.57 Å². The lowest BCUT2D eigenvalue weighted by atomic mass is 10.1. The summed E-state index contributed by atoms with van der Waals surface area (Å²) in [6.45, 7) is 0.344. The van der Waals surface area contributed by atoms with Gasteiger partial charge in [0.2, 0.25) is 10.0 Å². The van der Waals surface area contributed by atoms with Crippen molar-refractivity contribution in [3.63, 3.8) is 0 Å². The van der Waals surface area contributed by atoms with Crippen molar-refractivity contribution in [2.75, 3.05) is 27.3 Å². The maximum Gasteiger partial charge on any atom is 0.349 e. The number of methoxy groups -OCH3 is 2. The highest BCUT2D eigenvalue weighted by molar-refractivity contribution is 7.89. The fraction of sp³-hybridized carbons (Fsp3) is 0.294. The van der Waals surface area contributed by atoms with Crippen LogP contribution in [0.3, 0.4) is 0 Å². The highest BCUT2D eigenvalue weighted by atomic mass is 32.2. The SMILES string of the molecule is COC(=O)c1cc(S(=O)(=O)N2CCC=C(c3ccco3)C2)c(C(=O)OC)s1. The number of hydrogen-bond acceptors (Lipinski definition) is 8. The summed E-state index contributed by atoms with van der Waals surface area (Å²) in [4.78, 5) is 23.5. The van der Waals surface area contributed by atoms with Crippen LogP contribution in [-0.2, 0) is 19.5 Å². The van der Waals surface area contributed by atoms with E-state index in [2.05, 4.69) is 9.47 Å². The normalized spacial score (nSPS) is 15.3. The molecule has 0 saturated carbocycles. The molecule has 1 aliphatic rings. The molecule has 10 heteroatoms. The summed E-state index contributed by atoms with van der Waals surface area (Å²) >= 11 is 0.726. The molecule has 2 aromatic heterocycles. The fourth-order valence-electron chi connectivity index (χ4n) is 2.70. The van der Waals surface area contributed by atoms with E-state index in [1.165, 1.54) is 17.7 Å². The molecule has 27 heavy (non-hydrogen) atoms. The molecule has 3 heterocycles. The van der Waals surface area contributed by atoms with Crippen LogP contribution in [0.2, 0.25) is 0 Å². The lowest BCUT2D eigenvalue weighted by Crippen LogP contribution is -2.35. The zero-order valence-corrected chi connectivity index (χ0v) is 16.3. The zero-order chi connectivity index (χ0) is 19.6. The number of sulfonamides is 1. The maximum atomic E-state index is 13.2. The third-order valence-corrected chi connectivity index (χ3v) is 7.12. The lowest BCUT2D eigenvalue weighted by molar-refractivity contribution is 0.0596. The van der Waals surface area contributed by atoms with Gasteiger partial charge < -0.3 is 13.9 Å². The second-order valence-corrected chi connectivity index (χ2v) is 8.58. The van der Waals surface area contributed by atoms with Crippen molar-refractivity contribution < 1.29 is 31.9 Å². The lowest BCUT2D eigenvalue weighted by Gasteiger charge is -2.26. The van der Waals surface area contributed by atoms with Gasteiger partial charge in [0.15, 0.2) is 0 Å². The number of thiophene rings is 1. The van der Waals surface area contributed by atoms with Crippen LogP contribution < -0.4 is 0 Å². The largest absolute Gasteiger partial charge is 0.465 e. The Balaban J connectivity index is 1.99. The predicted molar refractivity (Wildman–Crippen MR) is 97.1 cm³/mol. The van der Waals surface area contributed by atoms with E-state index < -0.39 is 22.0 Å². The van der Waals surface area contributed by atoms with Gasteiger partial charge in [-0.15, -0.1) is 11.3 Å². The molecule has 0 radical (unpaired) electrons. The first-order valence-corrected chi connectivity index (χ1v) is 10.2. The van der Waals surface area contributed by atoms with Crippen molar-refractivity contribution in [1.82, 2.24) is 4.31 Å². The van der Waals surface area contributed by atoms with Crippen LogP contribution in [0.4, 0.5) is 0 Å². The van der Waals surface area contributed by atoms with Gasteiger partial charge in [-0.1, -0.05) is 6.08 Å². The molecule has 0 bridgehead atoms. The van der Waals surface area contributed by atoms with Crippen molar-refractivity contribution in [2.24, 2.45) is 0 Å². The van der Waals surface area contributed by atoms with E-state index >= 15 is 0 Å². The molecule has 0 amide bonds. The molecule has 0 spiro atoms. The second kappa shape index (κ2) is 7.67. The molecule has 0 aromatic carbocycles. The minimum atomic E-state index is -4.04. The number of ether oxygens (including phenoxy) is 2. The van der Waals surface area contributed by atoms with Crippen LogP contribution in [0.5, 0.6) is 0 Å². The Bertz CT molecular complexity index is 987.